The predicted molar refractivity (Wildman–Crippen MR) is 71.2 cm³/mol. The molecular weight excluding hydrogens is 254 g/mol. The van der Waals surface area contributed by atoms with Crippen LogP contribution in [0.5, 0.6) is 0 Å². The van der Waals surface area contributed by atoms with E-state index in [0.29, 0.717) is 36.1 Å². The van der Waals surface area contributed by atoms with E-state index in [9.17, 15) is 8.78 Å². The van der Waals surface area contributed by atoms with Crippen molar-refractivity contribution in [3.8, 4) is 0 Å². The molecule has 1 fully saturated rings. The molecule has 0 bridgehead atoms. The minimum atomic E-state index is -0.794. The van der Waals surface area contributed by atoms with Gasteiger partial charge in [0.25, 0.3) is 0 Å². The molecule has 0 amide bonds. The van der Waals surface area contributed by atoms with Gasteiger partial charge >= 0.3 is 0 Å². The summed E-state index contributed by atoms with van der Waals surface area (Å²) in [6.45, 7) is 1.12. The van der Waals surface area contributed by atoms with E-state index in [2.05, 4.69) is 4.90 Å². The van der Waals surface area contributed by atoms with E-state index < -0.39 is 11.6 Å². The summed E-state index contributed by atoms with van der Waals surface area (Å²) in [7, 11) is 0. The van der Waals surface area contributed by atoms with Crippen molar-refractivity contribution in [1.82, 2.24) is 4.90 Å². The molecule has 1 aromatic rings. The first kappa shape index (κ1) is 13.4. The molecule has 0 heterocycles. The summed E-state index contributed by atoms with van der Waals surface area (Å²) in [5.74, 6) is -1.55. The lowest BCUT2D eigenvalue weighted by Crippen LogP contribution is -2.29. The lowest BCUT2D eigenvalue weighted by molar-refractivity contribution is 0.257. The van der Waals surface area contributed by atoms with Crippen LogP contribution < -0.4 is 5.73 Å². The van der Waals surface area contributed by atoms with Crippen LogP contribution in [-0.2, 0) is 6.54 Å². The van der Waals surface area contributed by atoms with Gasteiger partial charge in [0.2, 0.25) is 0 Å². The molecule has 2 N–H and O–H groups in total. The predicted octanol–water partition coefficient (Wildman–Crippen LogP) is 2.61. The second-order valence-corrected chi connectivity index (χ2v) is 5.16. The third kappa shape index (κ3) is 3.46. The average molecular weight is 270 g/mol. The van der Waals surface area contributed by atoms with Gasteiger partial charge in [0.05, 0.1) is 4.99 Å². The van der Waals surface area contributed by atoms with Crippen LogP contribution in [0.25, 0.3) is 0 Å². The van der Waals surface area contributed by atoms with Crippen LogP contribution in [0, 0.1) is 11.6 Å². The highest BCUT2D eigenvalue weighted by Gasteiger charge is 2.29. The Bertz CT molecular complexity index is 447. The molecule has 0 aromatic heterocycles. The fourth-order valence-electron chi connectivity index (χ4n) is 1.97. The van der Waals surface area contributed by atoms with Crippen molar-refractivity contribution in [2.75, 3.05) is 6.54 Å². The van der Waals surface area contributed by atoms with Gasteiger partial charge in [-0.15, -0.1) is 0 Å². The summed E-state index contributed by atoms with van der Waals surface area (Å²) in [6.07, 6.45) is 2.82. The van der Waals surface area contributed by atoms with Gasteiger partial charge < -0.3 is 5.73 Å². The van der Waals surface area contributed by atoms with Crippen LogP contribution in [0.2, 0.25) is 0 Å². The molecule has 1 aliphatic rings. The summed E-state index contributed by atoms with van der Waals surface area (Å²) in [6, 6.07) is 4.75. The first-order valence-corrected chi connectivity index (χ1v) is 6.44. The maximum absolute atomic E-state index is 13.6. The Kier molecular flexibility index (Phi) is 4.24. The number of rotatable bonds is 6. The smallest absolute Gasteiger partial charge is 0.163 e. The fourth-order valence-corrected chi connectivity index (χ4v) is 2.06. The normalized spacial score (nSPS) is 15.1. The maximum Gasteiger partial charge on any atom is 0.163 e. The monoisotopic (exact) mass is 270 g/mol. The van der Waals surface area contributed by atoms with Crippen LogP contribution in [0.4, 0.5) is 8.78 Å². The summed E-state index contributed by atoms with van der Waals surface area (Å²) in [5, 5.41) is 0. The standard InChI is InChI=1S/C13H16F2N2S/c14-11-3-1-2-9(13(11)15)8-17(10-4-5-10)7-6-12(16)18/h1-3,10H,4-8H2,(H2,16,18). The molecular formula is C13H16F2N2S. The third-order valence-corrected chi connectivity index (χ3v) is 3.32. The van der Waals surface area contributed by atoms with Gasteiger partial charge in [-0.1, -0.05) is 24.4 Å². The zero-order chi connectivity index (χ0) is 13.1. The van der Waals surface area contributed by atoms with Gasteiger partial charge in [0.15, 0.2) is 11.6 Å². The number of hydrogen-bond acceptors (Lipinski definition) is 2. The highest BCUT2D eigenvalue weighted by atomic mass is 32.1. The van der Waals surface area contributed by atoms with E-state index >= 15 is 0 Å². The zero-order valence-electron chi connectivity index (χ0n) is 10.0. The average Bonchev–Trinajstić information content (AvgIpc) is 3.13. The minimum Gasteiger partial charge on any atom is -0.393 e. The Balaban J connectivity index is 2.04. The number of hydrogen-bond donors (Lipinski definition) is 1. The molecule has 0 atom stereocenters. The number of thiocarbonyl (C=S) groups is 1. The number of nitrogens with zero attached hydrogens (tertiary/aromatic N) is 1. The zero-order valence-corrected chi connectivity index (χ0v) is 10.9. The quantitative estimate of drug-likeness (QED) is 0.806. The molecule has 1 aliphatic carbocycles. The van der Waals surface area contributed by atoms with Gasteiger partial charge in [-0.05, 0) is 18.9 Å². The van der Waals surface area contributed by atoms with Crippen molar-refractivity contribution >= 4 is 17.2 Å². The first-order chi connectivity index (χ1) is 8.58. The Morgan fingerprint density at radius 2 is 2.11 bits per heavy atom. The van der Waals surface area contributed by atoms with Crippen molar-refractivity contribution in [1.29, 1.82) is 0 Å². The molecule has 0 unspecified atom stereocenters. The summed E-state index contributed by atoms with van der Waals surface area (Å²) < 4.78 is 26.7. The first-order valence-electron chi connectivity index (χ1n) is 6.03. The molecule has 2 nitrogen and oxygen atoms in total. The van der Waals surface area contributed by atoms with Crippen LogP contribution in [0.15, 0.2) is 18.2 Å². The van der Waals surface area contributed by atoms with Crippen molar-refractivity contribution < 1.29 is 8.78 Å². The Labute approximate surface area is 111 Å². The van der Waals surface area contributed by atoms with Crippen molar-refractivity contribution in [2.45, 2.75) is 31.8 Å². The molecule has 0 spiro atoms. The summed E-state index contributed by atoms with van der Waals surface area (Å²) in [4.78, 5) is 2.58. The second-order valence-electron chi connectivity index (χ2n) is 4.63. The van der Waals surface area contributed by atoms with Gasteiger partial charge in [-0.2, -0.15) is 0 Å². The maximum atomic E-state index is 13.6. The summed E-state index contributed by atoms with van der Waals surface area (Å²) in [5.41, 5.74) is 5.87. The van der Waals surface area contributed by atoms with Gasteiger partial charge in [0, 0.05) is 31.1 Å². The van der Waals surface area contributed by atoms with E-state index in [-0.39, 0.29) is 0 Å². The van der Waals surface area contributed by atoms with E-state index in [1.165, 1.54) is 6.07 Å². The lowest BCUT2D eigenvalue weighted by Gasteiger charge is -2.22. The molecule has 0 aliphatic heterocycles. The van der Waals surface area contributed by atoms with E-state index in [0.717, 1.165) is 18.9 Å². The topological polar surface area (TPSA) is 29.3 Å². The minimum absolute atomic E-state index is 0.393. The second kappa shape index (κ2) is 5.71. The van der Waals surface area contributed by atoms with E-state index in [1.54, 1.807) is 6.07 Å². The van der Waals surface area contributed by atoms with Crippen molar-refractivity contribution in [2.24, 2.45) is 5.73 Å². The van der Waals surface area contributed by atoms with Gasteiger partial charge in [-0.3, -0.25) is 4.90 Å². The largest absolute Gasteiger partial charge is 0.393 e. The highest BCUT2D eigenvalue weighted by Crippen LogP contribution is 2.29. The Morgan fingerprint density at radius 1 is 1.39 bits per heavy atom. The van der Waals surface area contributed by atoms with Gasteiger partial charge in [0.1, 0.15) is 0 Å². The Hall–Kier alpha value is -1.07. The molecule has 1 aromatic carbocycles. The lowest BCUT2D eigenvalue weighted by atomic mass is 10.2. The SMILES string of the molecule is NC(=S)CCN(Cc1cccc(F)c1F)C1CC1. The van der Waals surface area contributed by atoms with Gasteiger partial charge in [-0.25, -0.2) is 8.78 Å². The molecule has 98 valence electrons. The number of halogens is 2. The summed E-state index contributed by atoms with van der Waals surface area (Å²) >= 11 is 4.85. The molecule has 1 saturated carbocycles. The number of benzene rings is 1. The van der Waals surface area contributed by atoms with Crippen LogP contribution in [0.1, 0.15) is 24.8 Å². The highest BCUT2D eigenvalue weighted by molar-refractivity contribution is 7.80. The van der Waals surface area contributed by atoms with Crippen molar-refractivity contribution in [3.63, 3.8) is 0 Å². The van der Waals surface area contributed by atoms with E-state index in [1.807, 2.05) is 0 Å². The number of nitrogens with two attached hydrogens (primary N) is 1. The third-order valence-electron chi connectivity index (χ3n) is 3.11. The van der Waals surface area contributed by atoms with Crippen molar-refractivity contribution in [3.05, 3.63) is 35.4 Å². The molecule has 0 radical (unpaired) electrons. The van der Waals surface area contributed by atoms with E-state index in [4.69, 9.17) is 18.0 Å². The molecule has 18 heavy (non-hydrogen) atoms. The van der Waals surface area contributed by atoms with Crippen LogP contribution >= 0.6 is 12.2 Å². The van der Waals surface area contributed by atoms with Crippen LogP contribution in [-0.4, -0.2) is 22.5 Å². The molecule has 5 heteroatoms. The molecule has 0 saturated heterocycles. The fraction of sp³-hybridized carbons (Fsp3) is 0.462. The molecule has 2 rings (SSSR count). The van der Waals surface area contributed by atoms with Crippen LogP contribution in [0.3, 0.4) is 0 Å². The Morgan fingerprint density at radius 3 is 2.72 bits per heavy atom.